The van der Waals surface area contributed by atoms with Crippen molar-refractivity contribution in [3.63, 3.8) is 0 Å². The number of benzene rings is 2. The Morgan fingerprint density at radius 1 is 1.15 bits per heavy atom. The Bertz CT molecular complexity index is 1030. The van der Waals surface area contributed by atoms with Crippen molar-refractivity contribution in [2.24, 2.45) is 0 Å². The number of hydroxylamine groups is 1. The number of amides is 1. The molecular formula is C17H15Cl2N3O4S. The zero-order valence-electron chi connectivity index (χ0n) is 14.6. The normalized spacial score (nSPS) is 11.3. The van der Waals surface area contributed by atoms with Crippen molar-refractivity contribution in [3.8, 4) is 6.07 Å². The molecule has 0 N–H and O–H groups in total. The van der Waals surface area contributed by atoms with Gasteiger partial charge in [0.1, 0.15) is 11.0 Å². The fraction of sp³-hybridized carbons (Fsp3) is 0.176. The van der Waals surface area contributed by atoms with Gasteiger partial charge in [0.2, 0.25) is 0 Å². The summed E-state index contributed by atoms with van der Waals surface area (Å²) in [5.74, 6) is -0.540. The molecule has 0 fully saturated rings. The van der Waals surface area contributed by atoms with Crippen LogP contribution in [0.1, 0.15) is 15.9 Å². The Kier molecular flexibility index (Phi) is 6.46. The minimum Gasteiger partial charge on any atom is -0.310 e. The Morgan fingerprint density at radius 2 is 1.81 bits per heavy atom. The lowest BCUT2D eigenvalue weighted by atomic mass is 10.1. The van der Waals surface area contributed by atoms with Crippen LogP contribution in [0.2, 0.25) is 10.0 Å². The third-order valence-corrected chi connectivity index (χ3v) is 6.19. The first-order chi connectivity index (χ1) is 12.6. The maximum Gasteiger partial charge on any atom is 0.266 e. The van der Waals surface area contributed by atoms with Crippen LogP contribution in [0.4, 0.5) is 5.69 Å². The summed E-state index contributed by atoms with van der Waals surface area (Å²) in [6, 6.07) is 10.3. The molecule has 27 heavy (non-hydrogen) atoms. The smallest absolute Gasteiger partial charge is 0.266 e. The molecule has 10 heteroatoms. The molecule has 0 saturated heterocycles. The van der Waals surface area contributed by atoms with Crippen molar-refractivity contribution in [2.45, 2.75) is 4.90 Å². The molecule has 2 rings (SSSR count). The fourth-order valence-electron chi connectivity index (χ4n) is 2.25. The van der Waals surface area contributed by atoms with Gasteiger partial charge in [0, 0.05) is 24.7 Å². The number of sulfonamides is 1. The summed E-state index contributed by atoms with van der Waals surface area (Å²) < 4.78 is 25.6. The van der Waals surface area contributed by atoms with Crippen molar-refractivity contribution in [3.05, 3.63) is 57.6 Å². The number of halogens is 2. The average molecular weight is 428 g/mol. The topological polar surface area (TPSA) is 90.7 Å². The lowest BCUT2D eigenvalue weighted by Crippen LogP contribution is -2.28. The Balaban J connectivity index is 2.51. The second kappa shape index (κ2) is 8.25. The molecule has 0 aliphatic carbocycles. The molecule has 0 bridgehead atoms. The quantitative estimate of drug-likeness (QED) is 0.682. The zero-order chi connectivity index (χ0) is 20.4. The summed E-state index contributed by atoms with van der Waals surface area (Å²) in [5.41, 5.74) is 0.605. The third kappa shape index (κ3) is 4.24. The number of carbonyl (C=O) groups is 1. The van der Waals surface area contributed by atoms with E-state index in [0.717, 1.165) is 6.07 Å². The van der Waals surface area contributed by atoms with E-state index in [-0.39, 0.29) is 21.0 Å². The molecule has 0 aliphatic rings. The van der Waals surface area contributed by atoms with E-state index < -0.39 is 15.9 Å². The highest BCUT2D eigenvalue weighted by molar-refractivity contribution is 7.89. The zero-order valence-corrected chi connectivity index (χ0v) is 16.9. The van der Waals surface area contributed by atoms with E-state index in [9.17, 15) is 18.5 Å². The van der Waals surface area contributed by atoms with Crippen LogP contribution in [0.3, 0.4) is 0 Å². The number of hydrogen-bond acceptors (Lipinski definition) is 5. The van der Waals surface area contributed by atoms with Gasteiger partial charge in [0.15, 0.2) is 0 Å². The predicted molar refractivity (Wildman–Crippen MR) is 102 cm³/mol. The number of nitrogens with zero attached hydrogens (tertiary/aromatic N) is 3. The van der Waals surface area contributed by atoms with E-state index in [1.54, 1.807) is 0 Å². The highest BCUT2D eigenvalue weighted by atomic mass is 35.5. The van der Waals surface area contributed by atoms with Gasteiger partial charge in [-0.05, 0) is 36.4 Å². The number of nitriles is 1. The molecule has 0 radical (unpaired) electrons. The molecule has 7 nitrogen and oxygen atoms in total. The van der Waals surface area contributed by atoms with E-state index >= 15 is 0 Å². The van der Waals surface area contributed by atoms with Crippen LogP contribution in [0.5, 0.6) is 0 Å². The highest BCUT2D eigenvalue weighted by Gasteiger charge is 2.26. The standard InChI is InChI=1S/C17H15Cl2N3O4S/c1-21(15-9-13(18)6-4-12(15)10-20)17(23)11-5-7-14(19)16(8-11)27(24,25)22(2)26-3/h4-9H,1-3H3. The molecule has 0 spiro atoms. The molecule has 0 saturated carbocycles. The first-order valence-electron chi connectivity index (χ1n) is 7.43. The maximum absolute atomic E-state index is 12.8. The third-order valence-electron chi connectivity index (χ3n) is 3.80. The first kappa shape index (κ1) is 21.2. The van der Waals surface area contributed by atoms with Crippen molar-refractivity contribution in [2.75, 3.05) is 26.1 Å². The summed E-state index contributed by atoms with van der Waals surface area (Å²) in [5, 5.41) is 9.53. The van der Waals surface area contributed by atoms with Gasteiger partial charge in [-0.2, -0.15) is 5.26 Å². The summed E-state index contributed by atoms with van der Waals surface area (Å²) in [7, 11) is -0.196. The molecule has 0 unspecified atom stereocenters. The molecule has 0 aromatic heterocycles. The Morgan fingerprint density at radius 3 is 2.41 bits per heavy atom. The number of anilines is 1. The van der Waals surface area contributed by atoms with E-state index in [0.29, 0.717) is 15.2 Å². The minimum absolute atomic E-state index is 0.0569. The van der Waals surface area contributed by atoms with Crippen molar-refractivity contribution in [1.82, 2.24) is 4.47 Å². The van der Waals surface area contributed by atoms with Gasteiger partial charge in [-0.25, -0.2) is 8.42 Å². The van der Waals surface area contributed by atoms with Gasteiger partial charge in [0.25, 0.3) is 15.9 Å². The second-order valence-corrected chi connectivity index (χ2v) is 8.13. The first-order valence-corrected chi connectivity index (χ1v) is 9.63. The molecular weight excluding hydrogens is 413 g/mol. The van der Waals surface area contributed by atoms with Crippen LogP contribution >= 0.6 is 23.2 Å². The van der Waals surface area contributed by atoms with Gasteiger partial charge in [0.05, 0.1) is 23.4 Å². The maximum atomic E-state index is 12.8. The Hall–Kier alpha value is -2.15. The van der Waals surface area contributed by atoms with Crippen LogP contribution in [0.15, 0.2) is 41.3 Å². The molecule has 2 aromatic rings. The average Bonchev–Trinajstić information content (AvgIpc) is 2.66. The van der Waals surface area contributed by atoms with Gasteiger partial charge in [-0.15, -0.1) is 0 Å². The number of hydrogen-bond donors (Lipinski definition) is 0. The molecule has 0 aliphatic heterocycles. The molecule has 0 heterocycles. The van der Waals surface area contributed by atoms with Crippen LogP contribution in [0.25, 0.3) is 0 Å². The van der Waals surface area contributed by atoms with E-state index in [1.807, 2.05) is 6.07 Å². The fourth-order valence-corrected chi connectivity index (χ4v) is 3.89. The summed E-state index contributed by atoms with van der Waals surface area (Å²) in [6.07, 6.45) is 0. The van der Waals surface area contributed by atoms with Crippen LogP contribution in [-0.4, -0.2) is 40.0 Å². The van der Waals surface area contributed by atoms with Gasteiger partial charge < -0.3 is 4.90 Å². The SMILES string of the molecule is CON(C)S(=O)(=O)c1cc(C(=O)N(C)c2cc(Cl)ccc2C#N)ccc1Cl. The molecule has 0 atom stereocenters. The van der Waals surface area contributed by atoms with Gasteiger partial charge in [-0.3, -0.25) is 9.63 Å². The largest absolute Gasteiger partial charge is 0.310 e. The minimum atomic E-state index is -4.05. The van der Waals surface area contributed by atoms with E-state index in [2.05, 4.69) is 0 Å². The van der Waals surface area contributed by atoms with Crippen molar-refractivity contribution in [1.29, 1.82) is 5.26 Å². The van der Waals surface area contributed by atoms with Gasteiger partial charge >= 0.3 is 0 Å². The number of carbonyl (C=O) groups excluding carboxylic acids is 1. The summed E-state index contributed by atoms with van der Waals surface area (Å²) in [4.78, 5) is 18.5. The van der Waals surface area contributed by atoms with Gasteiger partial charge in [-0.1, -0.05) is 27.7 Å². The number of rotatable bonds is 5. The van der Waals surface area contributed by atoms with Crippen molar-refractivity contribution >= 4 is 44.8 Å². The molecule has 2 aromatic carbocycles. The Labute approximate surface area is 167 Å². The summed E-state index contributed by atoms with van der Waals surface area (Å²) >= 11 is 12.0. The monoisotopic (exact) mass is 427 g/mol. The summed E-state index contributed by atoms with van der Waals surface area (Å²) in [6.45, 7) is 0. The van der Waals surface area contributed by atoms with Crippen molar-refractivity contribution < 1.29 is 18.0 Å². The second-order valence-electron chi connectivity index (χ2n) is 5.38. The predicted octanol–water partition coefficient (Wildman–Crippen LogP) is 3.32. The van der Waals surface area contributed by atoms with Crippen LogP contribution in [0, 0.1) is 11.3 Å². The lowest BCUT2D eigenvalue weighted by molar-refractivity contribution is -0.0258. The van der Waals surface area contributed by atoms with E-state index in [1.165, 1.54) is 56.4 Å². The van der Waals surface area contributed by atoms with E-state index in [4.69, 9.17) is 28.0 Å². The van der Waals surface area contributed by atoms with Crippen LogP contribution in [-0.2, 0) is 14.9 Å². The van der Waals surface area contributed by atoms with Crippen LogP contribution < -0.4 is 4.90 Å². The lowest BCUT2D eigenvalue weighted by Gasteiger charge is -2.20. The highest BCUT2D eigenvalue weighted by Crippen LogP contribution is 2.28. The molecule has 1 amide bonds. The molecule has 142 valence electrons.